The summed E-state index contributed by atoms with van der Waals surface area (Å²) >= 11 is 0. The maximum atomic E-state index is 14.9. The van der Waals surface area contributed by atoms with Gasteiger partial charge in [0.05, 0.1) is 84.0 Å². The van der Waals surface area contributed by atoms with Crippen LogP contribution in [0.5, 0.6) is 0 Å². The van der Waals surface area contributed by atoms with E-state index in [1.807, 2.05) is 77.4 Å². The molecule has 9 nitrogen and oxygen atoms in total. The molecule has 0 aliphatic heterocycles. The molecule has 81 heavy (non-hydrogen) atoms. The molecule has 0 amide bonds. The molecule has 12 heteroatoms. The number of hydrogen-bond donors (Lipinski definition) is 0. The van der Waals surface area contributed by atoms with Crippen LogP contribution in [-0.2, 0) is 6.18 Å². The first-order valence-corrected chi connectivity index (χ1v) is 24.7. The van der Waals surface area contributed by atoms with Gasteiger partial charge in [0.25, 0.3) is 0 Å². The van der Waals surface area contributed by atoms with E-state index >= 15 is 0 Å². The number of aromatic nitrogens is 1. The molecule has 0 saturated carbocycles. The van der Waals surface area contributed by atoms with E-state index in [0.29, 0.717) is 99.8 Å². The summed E-state index contributed by atoms with van der Waals surface area (Å²) in [4.78, 5) is 14.5. The fourth-order valence-corrected chi connectivity index (χ4v) is 10.4. The molecule has 1 heterocycles. The van der Waals surface area contributed by atoms with E-state index in [1.54, 1.807) is 78.9 Å². The number of alkyl halides is 3. The van der Waals surface area contributed by atoms with Gasteiger partial charge < -0.3 is 4.57 Å². The fraction of sp³-hybridized carbons (Fsp3) is 0.0145. The van der Waals surface area contributed by atoms with Gasteiger partial charge in [-0.3, -0.25) is 0 Å². The van der Waals surface area contributed by atoms with Crippen molar-refractivity contribution in [2.45, 2.75) is 6.18 Å². The molecule has 0 radical (unpaired) electrons. The normalized spacial score (nSPS) is 10.8. The molecule has 0 saturated heterocycles. The summed E-state index contributed by atoms with van der Waals surface area (Å²) in [5, 5.41) is 41.4. The molecule has 0 aliphatic carbocycles. The van der Waals surface area contributed by atoms with E-state index in [1.165, 1.54) is 36.4 Å². The van der Waals surface area contributed by atoms with E-state index in [-0.39, 0.29) is 50.6 Å². The minimum atomic E-state index is -4.67. The van der Waals surface area contributed by atoms with Crippen molar-refractivity contribution in [2.24, 2.45) is 0 Å². The quantitative estimate of drug-likeness (QED) is 0.141. The number of fused-ring (bicyclic) bond motifs is 3. The first kappa shape index (κ1) is 50.8. The van der Waals surface area contributed by atoms with Crippen molar-refractivity contribution < 1.29 is 13.2 Å². The van der Waals surface area contributed by atoms with Crippen LogP contribution in [0.2, 0.25) is 0 Å². The maximum Gasteiger partial charge on any atom is 0.417 e. The van der Waals surface area contributed by atoms with Gasteiger partial charge in [-0.05, 0) is 200 Å². The lowest BCUT2D eigenvalue weighted by atomic mass is 9.91. The van der Waals surface area contributed by atoms with Gasteiger partial charge in [-0.1, -0.05) is 66.7 Å². The second kappa shape index (κ2) is 20.7. The minimum Gasteiger partial charge on any atom is -0.309 e. The monoisotopic (exact) mass is 1040 g/mol. The zero-order valence-electron chi connectivity index (χ0n) is 42.1. The van der Waals surface area contributed by atoms with E-state index in [4.69, 9.17) is 26.3 Å². The fourth-order valence-electron chi connectivity index (χ4n) is 10.4. The molecule has 0 bridgehead atoms. The van der Waals surface area contributed by atoms with Crippen molar-refractivity contribution in [1.29, 1.82) is 21.0 Å². The molecule has 0 atom stereocenters. The van der Waals surface area contributed by atoms with Crippen molar-refractivity contribution in [2.75, 3.05) is 0 Å². The van der Waals surface area contributed by atoms with Crippen LogP contribution in [-0.4, -0.2) is 4.57 Å². The van der Waals surface area contributed by atoms with E-state index in [2.05, 4.69) is 43.7 Å². The van der Waals surface area contributed by atoms with Crippen LogP contribution in [0.15, 0.2) is 194 Å². The Kier molecular flexibility index (Phi) is 13.0. The number of nitriles is 4. The largest absolute Gasteiger partial charge is 0.417 e. The van der Waals surface area contributed by atoms with Crippen LogP contribution in [0.25, 0.3) is 125 Å². The zero-order valence-corrected chi connectivity index (χ0v) is 42.1. The second-order valence-electron chi connectivity index (χ2n) is 18.9. The highest BCUT2D eigenvalue weighted by Gasteiger charge is 2.34. The standard InChI is InChI=1S/C69H32F3N9/c1-77-57-22-43(39-75)20-48(30-57)53-25-50(24-52(28-53)47-18-41(37-73)17-42(19-47)38-74)45-13-15-67-63(34-45)64-35-46(14-16-68(64)81(67)66-12-8-6-10-62(66)61-9-5-7-11-65(61)69(70,71)72)51-26-54(49-21-44(40-76)23-58(31-49)78-2)29-55(27-51)56-32-59(79-3)36-60(33-56)80-4/h5-36H. The summed E-state index contributed by atoms with van der Waals surface area (Å²) in [6.45, 7) is 31.3. The van der Waals surface area contributed by atoms with E-state index < -0.39 is 11.7 Å². The Labute approximate surface area is 462 Å². The number of nitrogens with zero attached hydrogens (tertiary/aromatic N) is 9. The zero-order chi connectivity index (χ0) is 56.5. The highest BCUT2D eigenvalue weighted by atomic mass is 19.4. The molecule has 0 fully saturated rings. The Morgan fingerprint density at radius 2 is 0.667 bits per heavy atom. The Balaban J connectivity index is 1.21. The Hall–Kier alpha value is -12.3. The topological polar surface area (TPSA) is 118 Å². The summed E-state index contributed by atoms with van der Waals surface area (Å²) < 4.78 is 46.5. The summed E-state index contributed by atoms with van der Waals surface area (Å²) in [6.07, 6.45) is -4.67. The van der Waals surface area contributed by atoms with Gasteiger partial charge in [0.2, 0.25) is 0 Å². The molecular formula is C69H32F3N9. The van der Waals surface area contributed by atoms with Crippen LogP contribution in [0, 0.1) is 71.6 Å². The second-order valence-corrected chi connectivity index (χ2v) is 18.9. The van der Waals surface area contributed by atoms with Gasteiger partial charge >= 0.3 is 6.18 Å². The Morgan fingerprint density at radius 1 is 0.333 bits per heavy atom. The third-order valence-electron chi connectivity index (χ3n) is 14.0. The Bertz CT molecular complexity index is 4300. The summed E-state index contributed by atoms with van der Waals surface area (Å²) in [5.74, 6) is 0. The summed E-state index contributed by atoms with van der Waals surface area (Å²) in [5.41, 5.74) is 11.1. The van der Waals surface area contributed by atoms with Crippen molar-refractivity contribution in [3.8, 4) is 108 Å². The number of para-hydroxylation sites is 1. The number of halogens is 3. The molecule has 0 N–H and O–H groups in total. The highest BCUT2D eigenvalue weighted by Crippen LogP contribution is 2.45. The lowest BCUT2D eigenvalue weighted by Gasteiger charge is -2.18. The predicted octanol–water partition coefficient (Wildman–Crippen LogP) is 19.2. The SMILES string of the molecule is [C-]#[N+]c1cc(C#N)cc(-c2cc(-c3cc(C#N)cc(C#N)c3)cc(-c3ccc4c(c3)c3cc(-c5cc(-c6cc(C#N)cc([N+]#[C-])c6)cc(-c6cc([N+]#[C-])cc([N+]#[C-])c6)c5)ccc3n4-c3ccccc3-c3ccccc3C(F)(F)F)c2)c1. The highest BCUT2D eigenvalue weighted by molar-refractivity contribution is 6.12. The van der Waals surface area contributed by atoms with Crippen LogP contribution >= 0.6 is 0 Å². The van der Waals surface area contributed by atoms with Gasteiger partial charge in [-0.2, -0.15) is 34.2 Å². The van der Waals surface area contributed by atoms with Gasteiger partial charge in [-0.25, -0.2) is 19.4 Å². The number of rotatable bonds is 8. The first-order chi connectivity index (χ1) is 39.3. The van der Waals surface area contributed by atoms with Gasteiger partial charge in [0.15, 0.2) is 22.7 Å². The molecule has 10 aromatic carbocycles. The molecule has 1 aromatic heterocycles. The minimum absolute atomic E-state index is 0.00936. The number of hydrogen-bond acceptors (Lipinski definition) is 4. The third kappa shape index (κ3) is 9.69. The lowest BCUT2D eigenvalue weighted by Crippen LogP contribution is -2.08. The van der Waals surface area contributed by atoms with E-state index in [9.17, 15) is 34.2 Å². The van der Waals surface area contributed by atoms with E-state index in [0.717, 1.165) is 6.07 Å². The van der Waals surface area contributed by atoms with Gasteiger partial charge in [-0.15, -0.1) is 0 Å². The molecule has 0 spiro atoms. The molecule has 0 unspecified atom stereocenters. The smallest absolute Gasteiger partial charge is 0.309 e. The van der Waals surface area contributed by atoms with Gasteiger partial charge in [0, 0.05) is 27.5 Å². The molecule has 0 aliphatic rings. The van der Waals surface area contributed by atoms with Crippen molar-refractivity contribution >= 4 is 44.6 Å². The average Bonchev–Trinajstić information content (AvgIpc) is 4.11. The van der Waals surface area contributed by atoms with Crippen molar-refractivity contribution in [1.82, 2.24) is 4.57 Å². The average molecular weight is 1040 g/mol. The van der Waals surface area contributed by atoms with Crippen LogP contribution < -0.4 is 0 Å². The molecular weight excluding hydrogens is 1010 g/mol. The molecule has 11 rings (SSSR count). The van der Waals surface area contributed by atoms with Crippen LogP contribution in [0.1, 0.15) is 27.8 Å². The van der Waals surface area contributed by atoms with Crippen molar-refractivity contribution in [3.63, 3.8) is 0 Å². The first-order valence-electron chi connectivity index (χ1n) is 24.7. The molecule has 374 valence electrons. The third-order valence-corrected chi connectivity index (χ3v) is 14.0. The lowest BCUT2D eigenvalue weighted by molar-refractivity contribution is -0.137. The Morgan fingerprint density at radius 3 is 1.07 bits per heavy atom. The summed E-state index contributed by atoms with van der Waals surface area (Å²) in [6, 6.07) is 63.7. The van der Waals surface area contributed by atoms with Crippen LogP contribution in [0.3, 0.4) is 0 Å². The van der Waals surface area contributed by atoms with Crippen molar-refractivity contribution in [3.05, 3.63) is 268 Å². The maximum absolute atomic E-state index is 14.9. The predicted molar refractivity (Wildman–Crippen MR) is 308 cm³/mol. The van der Waals surface area contributed by atoms with Crippen LogP contribution in [0.4, 0.5) is 35.9 Å². The number of benzene rings is 10. The summed E-state index contributed by atoms with van der Waals surface area (Å²) in [7, 11) is 0. The molecule has 11 aromatic rings. The van der Waals surface area contributed by atoms with Gasteiger partial charge in [0.1, 0.15) is 0 Å².